The van der Waals surface area contributed by atoms with Crippen LogP contribution < -0.4 is 5.32 Å². The van der Waals surface area contributed by atoms with Crippen molar-refractivity contribution in [2.45, 2.75) is 26.3 Å². The summed E-state index contributed by atoms with van der Waals surface area (Å²) in [6, 6.07) is 3.81. The molecule has 0 saturated carbocycles. The average Bonchev–Trinajstić information content (AvgIpc) is 2.15. The summed E-state index contributed by atoms with van der Waals surface area (Å²) >= 11 is 5.71. The molecule has 0 aliphatic carbocycles. The molecule has 2 nitrogen and oxygen atoms in total. The van der Waals surface area contributed by atoms with Gasteiger partial charge in [-0.2, -0.15) is 0 Å². The highest BCUT2D eigenvalue weighted by atomic mass is 35.5. The first-order valence-corrected chi connectivity index (χ1v) is 5.02. The third kappa shape index (κ3) is 4.25. The van der Waals surface area contributed by atoms with E-state index in [1.807, 2.05) is 12.1 Å². The lowest BCUT2D eigenvalue weighted by Gasteiger charge is -2.02. The van der Waals surface area contributed by atoms with E-state index < -0.39 is 0 Å². The molecule has 0 bridgehead atoms. The molecule has 72 valence electrons. The van der Waals surface area contributed by atoms with Crippen LogP contribution in [0.4, 0.5) is 0 Å². The van der Waals surface area contributed by atoms with E-state index in [0.29, 0.717) is 5.02 Å². The van der Waals surface area contributed by atoms with E-state index in [-0.39, 0.29) is 0 Å². The number of unbranched alkanes of at least 4 members (excludes halogenated alkanes) is 1. The number of hydrogen-bond donors (Lipinski definition) is 1. The van der Waals surface area contributed by atoms with Crippen molar-refractivity contribution >= 4 is 11.6 Å². The minimum atomic E-state index is 0.692. The first-order valence-electron chi connectivity index (χ1n) is 4.64. The van der Waals surface area contributed by atoms with E-state index in [9.17, 15) is 0 Å². The monoisotopic (exact) mass is 198 g/mol. The van der Waals surface area contributed by atoms with Gasteiger partial charge in [0.1, 0.15) is 0 Å². The molecule has 1 aromatic heterocycles. The summed E-state index contributed by atoms with van der Waals surface area (Å²) in [5.74, 6) is 0. The molecule has 0 radical (unpaired) electrons. The summed E-state index contributed by atoms with van der Waals surface area (Å²) in [5.41, 5.74) is 1.04. The molecule has 13 heavy (non-hydrogen) atoms. The van der Waals surface area contributed by atoms with Gasteiger partial charge < -0.3 is 5.32 Å². The highest BCUT2D eigenvalue weighted by molar-refractivity contribution is 6.30. The number of halogens is 1. The molecule has 0 aliphatic rings. The van der Waals surface area contributed by atoms with Crippen molar-refractivity contribution in [3.8, 4) is 0 Å². The molecule has 1 N–H and O–H groups in total. The van der Waals surface area contributed by atoms with Crippen LogP contribution in [0.5, 0.6) is 0 Å². The fraction of sp³-hybridized carbons (Fsp3) is 0.500. The molecule has 1 rings (SSSR count). The lowest BCUT2D eigenvalue weighted by molar-refractivity contribution is 0.633. The average molecular weight is 199 g/mol. The molecule has 3 heteroatoms. The van der Waals surface area contributed by atoms with Crippen molar-refractivity contribution in [3.63, 3.8) is 0 Å². The van der Waals surface area contributed by atoms with Gasteiger partial charge in [-0.1, -0.05) is 24.9 Å². The van der Waals surface area contributed by atoms with E-state index in [0.717, 1.165) is 18.8 Å². The minimum Gasteiger partial charge on any atom is -0.311 e. The largest absolute Gasteiger partial charge is 0.311 e. The molecule has 0 unspecified atom stereocenters. The fourth-order valence-electron chi connectivity index (χ4n) is 1.03. The summed E-state index contributed by atoms with van der Waals surface area (Å²) in [6.45, 7) is 4.07. The minimum absolute atomic E-state index is 0.692. The Labute approximate surface area is 84.3 Å². The van der Waals surface area contributed by atoms with Gasteiger partial charge in [0.05, 0.1) is 10.7 Å². The Morgan fingerprint density at radius 2 is 2.31 bits per heavy atom. The molecule has 0 amide bonds. The standard InChI is InChI=1S/C10H15ClN2/c1-2-3-6-12-8-10-5-4-9(11)7-13-10/h4-5,7,12H,2-3,6,8H2,1H3. The number of nitrogens with one attached hydrogen (secondary N) is 1. The predicted molar refractivity (Wildman–Crippen MR) is 55.9 cm³/mol. The molecular formula is C10H15ClN2. The van der Waals surface area contributed by atoms with Gasteiger partial charge in [-0.3, -0.25) is 4.98 Å². The summed E-state index contributed by atoms with van der Waals surface area (Å²) in [6.07, 6.45) is 4.12. The van der Waals surface area contributed by atoms with Crippen LogP contribution in [-0.2, 0) is 6.54 Å². The normalized spacial score (nSPS) is 10.3. The van der Waals surface area contributed by atoms with Crippen LogP contribution in [-0.4, -0.2) is 11.5 Å². The Morgan fingerprint density at radius 3 is 2.92 bits per heavy atom. The quantitative estimate of drug-likeness (QED) is 0.736. The summed E-state index contributed by atoms with van der Waals surface area (Å²) < 4.78 is 0. The van der Waals surface area contributed by atoms with Crippen LogP contribution in [0.3, 0.4) is 0 Å². The molecule has 0 saturated heterocycles. The number of pyridine rings is 1. The van der Waals surface area contributed by atoms with Crippen molar-refractivity contribution in [1.29, 1.82) is 0 Å². The zero-order chi connectivity index (χ0) is 9.52. The molecule has 1 aromatic rings. The van der Waals surface area contributed by atoms with Crippen LogP contribution in [0.15, 0.2) is 18.3 Å². The molecule has 0 fully saturated rings. The number of hydrogen-bond acceptors (Lipinski definition) is 2. The van der Waals surface area contributed by atoms with Crippen molar-refractivity contribution in [2.24, 2.45) is 0 Å². The van der Waals surface area contributed by atoms with Crippen molar-refractivity contribution in [2.75, 3.05) is 6.54 Å². The van der Waals surface area contributed by atoms with Gasteiger partial charge in [-0.15, -0.1) is 0 Å². The summed E-state index contributed by atoms with van der Waals surface area (Å²) in [5, 5.41) is 4.01. The second-order valence-corrected chi connectivity index (χ2v) is 3.43. The van der Waals surface area contributed by atoms with Crippen molar-refractivity contribution < 1.29 is 0 Å². The first-order chi connectivity index (χ1) is 6.33. The van der Waals surface area contributed by atoms with Crippen LogP contribution in [0.2, 0.25) is 5.02 Å². The maximum absolute atomic E-state index is 5.71. The van der Waals surface area contributed by atoms with Gasteiger partial charge in [-0.05, 0) is 25.1 Å². The van der Waals surface area contributed by atoms with E-state index in [2.05, 4.69) is 17.2 Å². The van der Waals surface area contributed by atoms with Gasteiger partial charge in [0, 0.05) is 12.7 Å². The van der Waals surface area contributed by atoms with Crippen LogP contribution >= 0.6 is 11.6 Å². The van der Waals surface area contributed by atoms with E-state index in [1.165, 1.54) is 12.8 Å². The maximum atomic E-state index is 5.71. The predicted octanol–water partition coefficient (Wildman–Crippen LogP) is 2.62. The Balaban J connectivity index is 2.25. The summed E-state index contributed by atoms with van der Waals surface area (Å²) in [4.78, 5) is 4.18. The van der Waals surface area contributed by atoms with E-state index in [4.69, 9.17) is 11.6 Å². The molecule has 0 aromatic carbocycles. The Morgan fingerprint density at radius 1 is 1.46 bits per heavy atom. The maximum Gasteiger partial charge on any atom is 0.0589 e. The lowest BCUT2D eigenvalue weighted by atomic mass is 10.3. The van der Waals surface area contributed by atoms with Gasteiger partial charge in [0.15, 0.2) is 0 Å². The Kier molecular flexibility index (Phi) is 4.79. The second-order valence-electron chi connectivity index (χ2n) is 3.00. The Hall–Kier alpha value is -0.600. The van der Waals surface area contributed by atoms with Gasteiger partial charge >= 0.3 is 0 Å². The molecular weight excluding hydrogens is 184 g/mol. The molecule has 0 spiro atoms. The smallest absolute Gasteiger partial charge is 0.0589 e. The number of rotatable bonds is 5. The topological polar surface area (TPSA) is 24.9 Å². The first kappa shape index (κ1) is 10.5. The highest BCUT2D eigenvalue weighted by Gasteiger charge is 1.93. The fourth-order valence-corrected chi connectivity index (χ4v) is 1.14. The Bertz CT molecular complexity index is 233. The third-order valence-corrected chi connectivity index (χ3v) is 2.03. The highest BCUT2D eigenvalue weighted by Crippen LogP contribution is 2.05. The molecule has 0 aliphatic heterocycles. The van der Waals surface area contributed by atoms with Gasteiger partial charge in [0.2, 0.25) is 0 Å². The zero-order valence-corrected chi connectivity index (χ0v) is 8.64. The second kappa shape index (κ2) is 5.95. The number of nitrogens with zero attached hydrogens (tertiary/aromatic N) is 1. The zero-order valence-electron chi connectivity index (χ0n) is 7.89. The van der Waals surface area contributed by atoms with Crippen LogP contribution in [0, 0.1) is 0 Å². The van der Waals surface area contributed by atoms with E-state index in [1.54, 1.807) is 6.20 Å². The summed E-state index contributed by atoms with van der Waals surface area (Å²) in [7, 11) is 0. The lowest BCUT2D eigenvalue weighted by Crippen LogP contribution is -2.15. The van der Waals surface area contributed by atoms with Gasteiger partial charge in [0.25, 0.3) is 0 Å². The molecule has 0 atom stereocenters. The van der Waals surface area contributed by atoms with Gasteiger partial charge in [-0.25, -0.2) is 0 Å². The van der Waals surface area contributed by atoms with Crippen molar-refractivity contribution in [3.05, 3.63) is 29.0 Å². The SMILES string of the molecule is CCCCNCc1ccc(Cl)cn1. The van der Waals surface area contributed by atoms with Crippen LogP contribution in [0.25, 0.3) is 0 Å². The van der Waals surface area contributed by atoms with E-state index >= 15 is 0 Å². The number of aromatic nitrogens is 1. The molecule has 1 heterocycles. The third-order valence-electron chi connectivity index (χ3n) is 1.80. The van der Waals surface area contributed by atoms with Crippen molar-refractivity contribution in [1.82, 2.24) is 10.3 Å². The van der Waals surface area contributed by atoms with Crippen LogP contribution in [0.1, 0.15) is 25.5 Å².